The average Bonchev–Trinajstić information content (AvgIpc) is 1.95. The Morgan fingerprint density at radius 1 is 1.19 bits per heavy atom. The van der Waals surface area contributed by atoms with Crippen LogP contribution in [0.15, 0.2) is 0 Å². The summed E-state index contributed by atoms with van der Waals surface area (Å²) in [5.74, 6) is 0. The molecule has 0 bridgehead atoms. The highest BCUT2D eigenvalue weighted by Gasteiger charge is 2.41. The fraction of sp³-hybridized carbons (Fsp3) is 1.00. The van der Waals surface area contributed by atoms with E-state index in [4.69, 9.17) is 4.18 Å². The van der Waals surface area contributed by atoms with Gasteiger partial charge in [-0.3, -0.25) is 4.18 Å². The SMILES string of the molecule is CC1(C)CC(OS(C)(=O)=O)CC(C)(C)N1[O-]. The number of rotatable bonds is 2. The van der Waals surface area contributed by atoms with Crippen molar-refractivity contribution < 1.29 is 12.6 Å². The van der Waals surface area contributed by atoms with Gasteiger partial charge in [-0.05, 0) is 40.5 Å². The predicted octanol–water partition coefficient (Wildman–Crippen LogP) is 1.48. The summed E-state index contributed by atoms with van der Waals surface area (Å²) >= 11 is 0. The molecule has 0 radical (unpaired) electrons. The van der Waals surface area contributed by atoms with Gasteiger partial charge in [-0.15, -0.1) is 0 Å². The van der Waals surface area contributed by atoms with E-state index in [-0.39, 0.29) is 0 Å². The molecule has 0 aromatic heterocycles. The molecule has 1 aliphatic heterocycles. The quantitative estimate of drug-likeness (QED) is 0.694. The molecule has 16 heavy (non-hydrogen) atoms. The Kier molecular flexibility index (Phi) is 3.42. The second-order valence-electron chi connectivity index (χ2n) is 5.75. The number of piperidine rings is 1. The van der Waals surface area contributed by atoms with E-state index in [0.717, 1.165) is 11.3 Å². The van der Waals surface area contributed by atoms with E-state index in [9.17, 15) is 13.6 Å². The third-order valence-corrected chi connectivity index (χ3v) is 3.49. The monoisotopic (exact) mass is 250 g/mol. The molecule has 0 N–H and O–H groups in total. The summed E-state index contributed by atoms with van der Waals surface area (Å²) < 4.78 is 27.2. The first-order valence-corrected chi connectivity index (χ1v) is 7.11. The molecule has 1 rings (SSSR count). The summed E-state index contributed by atoms with van der Waals surface area (Å²) in [7, 11) is -3.46. The van der Waals surface area contributed by atoms with E-state index in [1.165, 1.54) is 0 Å². The third-order valence-electron chi connectivity index (χ3n) is 2.86. The molecule has 6 heteroatoms. The largest absolute Gasteiger partial charge is 0.784 e. The normalized spacial score (nSPS) is 26.9. The zero-order valence-electron chi connectivity index (χ0n) is 10.5. The van der Waals surface area contributed by atoms with Gasteiger partial charge in [0.1, 0.15) is 0 Å². The molecule has 0 aromatic rings. The second-order valence-corrected chi connectivity index (χ2v) is 7.35. The van der Waals surface area contributed by atoms with Gasteiger partial charge in [0.05, 0.1) is 12.4 Å². The lowest BCUT2D eigenvalue weighted by Crippen LogP contribution is -2.59. The Hall–Kier alpha value is -0.170. The first-order valence-electron chi connectivity index (χ1n) is 5.30. The Morgan fingerprint density at radius 3 is 1.88 bits per heavy atom. The number of hydrogen-bond donors (Lipinski definition) is 0. The van der Waals surface area contributed by atoms with Gasteiger partial charge in [0, 0.05) is 11.1 Å². The lowest BCUT2D eigenvalue weighted by molar-refractivity contribution is -0.0382. The van der Waals surface area contributed by atoms with Crippen molar-refractivity contribution in [2.75, 3.05) is 6.26 Å². The van der Waals surface area contributed by atoms with Crippen LogP contribution >= 0.6 is 0 Å². The van der Waals surface area contributed by atoms with Crippen LogP contribution in [0.2, 0.25) is 0 Å². The summed E-state index contributed by atoms with van der Waals surface area (Å²) in [6.45, 7) is 7.22. The Bertz CT molecular complexity index is 343. The minimum atomic E-state index is -3.46. The minimum absolute atomic E-state index is 0.412. The molecule has 0 aromatic carbocycles. The highest BCUT2D eigenvalue weighted by molar-refractivity contribution is 7.86. The fourth-order valence-electron chi connectivity index (χ4n) is 2.49. The van der Waals surface area contributed by atoms with Crippen molar-refractivity contribution in [2.45, 2.75) is 57.7 Å². The van der Waals surface area contributed by atoms with Crippen LogP contribution in [0.1, 0.15) is 40.5 Å². The number of hydrogen-bond acceptors (Lipinski definition) is 5. The molecular formula is C10H20NO4S-. The van der Waals surface area contributed by atoms with Crippen molar-refractivity contribution in [3.63, 3.8) is 0 Å². The number of hydroxylamine groups is 2. The standard InChI is InChI=1S/C10H20NO4S/c1-9(2)6-8(15-16(5,13)14)7-10(3,4)11(9)12/h8H,6-7H2,1-5H3/q-1. The van der Waals surface area contributed by atoms with Crippen LogP contribution in [-0.4, -0.2) is 36.9 Å². The Balaban J connectivity index is 2.87. The molecule has 0 atom stereocenters. The highest BCUT2D eigenvalue weighted by Crippen LogP contribution is 2.38. The smallest absolute Gasteiger partial charge is 0.264 e. The molecule has 1 heterocycles. The molecule has 5 nitrogen and oxygen atoms in total. The Morgan fingerprint density at radius 2 is 1.56 bits per heavy atom. The maximum absolute atomic E-state index is 12.0. The van der Waals surface area contributed by atoms with E-state index in [0.29, 0.717) is 12.8 Å². The highest BCUT2D eigenvalue weighted by atomic mass is 32.2. The molecule has 0 saturated carbocycles. The average molecular weight is 250 g/mol. The van der Waals surface area contributed by atoms with Gasteiger partial charge in [0.15, 0.2) is 0 Å². The van der Waals surface area contributed by atoms with Crippen LogP contribution in [0, 0.1) is 5.21 Å². The van der Waals surface area contributed by atoms with Gasteiger partial charge in [0.25, 0.3) is 10.1 Å². The Labute approximate surface area is 97.5 Å². The van der Waals surface area contributed by atoms with Gasteiger partial charge < -0.3 is 10.3 Å². The zero-order chi connectivity index (χ0) is 12.8. The van der Waals surface area contributed by atoms with Crippen LogP contribution in [-0.2, 0) is 14.3 Å². The first kappa shape index (κ1) is 13.9. The van der Waals surface area contributed by atoms with Crippen LogP contribution in [0.5, 0.6) is 0 Å². The number of nitrogens with zero attached hydrogens (tertiary/aromatic N) is 1. The topological polar surface area (TPSA) is 69.7 Å². The predicted molar refractivity (Wildman–Crippen MR) is 62.3 cm³/mol. The van der Waals surface area contributed by atoms with Crippen LogP contribution in [0.25, 0.3) is 0 Å². The molecule has 0 spiro atoms. The zero-order valence-corrected chi connectivity index (χ0v) is 11.3. The van der Waals surface area contributed by atoms with E-state index in [2.05, 4.69) is 0 Å². The lowest BCUT2D eigenvalue weighted by Gasteiger charge is -2.59. The lowest BCUT2D eigenvalue weighted by atomic mass is 9.80. The van der Waals surface area contributed by atoms with Crippen molar-refractivity contribution in [1.29, 1.82) is 0 Å². The maximum Gasteiger partial charge on any atom is 0.264 e. The van der Waals surface area contributed by atoms with E-state index in [1.807, 2.05) is 0 Å². The van der Waals surface area contributed by atoms with Crippen molar-refractivity contribution in [2.24, 2.45) is 0 Å². The molecule has 0 amide bonds. The molecule has 1 saturated heterocycles. The molecule has 1 fully saturated rings. The van der Waals surface area contributed by atoms with E-state index >= 15 is 0 Å². The molecule has 0 unspecified atom stereocenters. The molecule has 1 aliphatic rings. The van der Waals surface area contributed by atoms with Crippen molar-refractivity contribution >= 4 is 10.1 Å². The maximum atomic E-state index is 12.0. The van der Waals surface area contributed by atoms with Gasteiger partial charge in [-0.1, -0.05) is 0 Å². The molecule has 96 valence electrons. The van der Waals surface area contributed by atoms with Gasteiger partial charge >= 0.3 is 0 Å². The molecular weight excluding hydrogens is 230 g/mol. The van der Waals surface area contributed by atoms with Crippen LogP contribution in [0.3, 0.4) is 0 Å². The van der Waals surface area contributed by atoms with E-state index < -0.39 is 27.3 Å². The summed E-state index contributed by atoms with van der Waals surface area (Å²) in [4.78, 5) is 0. The second kappa shape index (κ2) is 3.94. The first-order chi connectivity index (χ1) is 6.94. The summed E-state index contributed by atoms with van der Waals surface area (Å²) in [5.41, 5.74) is -1.20. The third kappa shape index (κ3) is 3.16. The fourth-order valence-corrected chi connectivity index (χ4v) is 3.12. The van der Waals surface area contributed by atoms with Crippen molar-refractivity contribution in [3.8, 4) is 0 Å². The molecule has 0 aliphatic carbocycles. The summed E-state index contributed by atoms with van der Waals surface area (Å²) in [5, 5.41) is 13.0. The van der Waals surface area contributed by atoms with Crippen molar-refractivity contribution in [3.05, 3.63) is 5.21 Å². The summed E-state index contributed by atoms with van der Waals surface area (Å²) in [6, 6.07) is 0. The van der Waals surface area contributed by atoms with Gasteiger partial charge in [-0.25, -0.2) is 0 Å². The van der Waals surface area contributed by atoms with E-state index in [1.54, 1.807) is 27.7 Å². The van der Waals surface area contributed by atoms with Gasteiger partial charge in [-0.2, -0.15) is 8.42 Å². The summed E-state index contributed by atoms with van der Waals surface area (Å²) in [6.07, 6.45) is 1.47. The van der Waals surface area contributed by atoms with Crippen LogP contribution in [0.4, 0.5) is 0 Å². The minimum Gasteiger partial charge on any atom is -0.784 e. The van der Waals surface area contributed by atoms with Crippen LogP contribution < -0.4 is 0 Å². The van der Waals surface area contributed by atoms with Crippen molar-refractivity contribution in [1.82, 2.24) is 5.06 Å². The van der Waals surface area contributed by atoms with Gasteiger partial charge in [0.2, 0.25) is 0 Å².